The van der Waals surface area contributed by atoms with E-state index in [1.54, 1.807) is 20.8 Å². The monoisotopic (exact) mass is 605 g/mol. The van der Waals surface area contributed by atoms with E-state index in [-0.39, 0.29) is 35.0 Å². The molecule has 0 aliphatic carbocycles. The van der Waals surface area contributed by atoms with Crippen LogP contribution in [0, 0.1) is 0 Å². The topological polar surface area (TPSA) is 90.0 Å². The van der Waals surface area contributed by atoms with Crippen molar-refractivity contribution >= 4 is 62.9 Å². The Morgan fingerprint density at radius 2 is 1.31 bits per heavy atom. The Morgan fingerprint density at radius 1 is 0.857 bits per heavy atom. The standard InChI is InChI=1S/C33H36NO6PS/c1-32(2,3)40-31(38)30(34-27(35)21-33(34,4)22-29(37)42-23-28(36)39-5)41(24-15-9-6-10-16-24,25-17-11-7-12-18-25)26-19-13-8-14-20-26/h6-20H,21-23H2,1-5H3. The van der Waals surface area contributed by atoms with Gasteiger partial charge in [0, 0.05) is 13.3 Å². The van der Waals surface area contributed by atoms with E-state index in [2.05, 4.69) is 4.74 Å². The maximum absolute atomic E-state index is 14.6. The summed E-state index contributed by atoms with van der Waals surface area (Å²) in [6.45, 7) is 4.12. The summed E-state index contributed by atoms with van der Waals surface area (Å²) in [5.41, 5.74) is -1.63. The maximum atomic E-state index is 14.6. The second-order valence-electron chi connectivity index (χ2n) is 11.3. The van der Waals surface area contributed by atoms with Crippen molar-refractivity contribution in [3.63, 3.8) is 0 Å². The van der Waals surface area contributed by atoms with E-state index in [0.717, 1.165) is 27.7 Å². The molecule has 1 aliphatic rings. The van der Waals surface area contributed by atoms with Gasteiger partial charge in [-0.1, -0.05) is 103 Å². The average molecular weight is 606 g/mol. The van der Waals surface area contributed by atoms with Gasteiger partial charge in [-0.25, -0.2) is 4.79 Å². The van der Waals surface area contributed by atoms with Crippen LogP contribution in [0.1, 0.15) is 40.5 Å². The highest BCUT2D eigenvalue weighted by atomic mass is 32.2. The lowest BCUT2D eigenvalue weighted by Crippen LogP contribution is -2.67. The van der Waals surface area contributed by atoms with Gasteiger partial charge in [-0.05, 0) is 43.6 Å². The quantitative estimate of drug-likeness (QED) is 0.205. The van der Waals surface area contributed by atoms with E-state index in [1.807, 2.05) is 97.9 Å². The molecule has 4 rings (SSSR count). The molecule has 220 valence electrons. The van der Waals surface area contributed by atoms with Crippen molar-refractivity contribution in [3.05, 3.63) is 91.0 Å². The van der Waals surface area contributed by atoms with Crippen LogP contribution in [0.15, 0.2) is 91.0 Å². The van der Waals surface area contributed by atoms with Crippen LogP contribution in [0.25, 0.3) is 0 Å². The van der Waals surface area contributed by atoms with Crippen LogP contribution in [0.4, 0.5) is 0 Å². The summed E-state index contributed by atoms with van der Waals surface area (Å²) in [5.74, 6) is -1.52. The Kier molecular flexibility index (Phi) is 9.49. The summed E-state index contributed by atoms with van der Waals surface area (Å²) in [7, 11) is 1.27. The lowest BCUT2D eigenvalue weighted by atomic mass is 9.83. The third-order valence-electron chi connectivity index (χ3n) is 6.97. The fraction of sp³-hybridized carbons (Fsp3) is 0.303. The zero-order valence-corrected chi connectivity index (χ0v) is 26.2. The molecule has 3 aromatic rings. The van der Waals surface area contributed by atoms with E-state index >= 15 is 0 Å². The highest BCUT2D eigenvalue weighted by Gasteiger charge is 2.55. The molecule has 1 fully saturated rings. The molecular weight excluding hydrogens is 569 g/mol. The predicted octanol–water partition coefficient (Wildman–Crippen LogP) is 4.27. The molecule has 1 amide bonds. The second-order valence-corrected chi connectivity index (χ2v) is 15.7. The molecule has 0 spiro atoms. The number of ether oxygens (including phenoxy) is 2. The third kappa shape index (κ3) is 6.40. The first-order chi connectivity index (χ1) is 19.9. The number of β-lactam (4-membered cyclic amide) rings is 1. The summed E-state index contributed by atoms with van der Waals surface area (Å²) >= 11 is 0.847. The second kappa shape index (κ2) is 12.7. The van der Waals surface area contributed by atoms with E-state index in [1.165, 1.54) is 12.0 Å². The fourth-order valence-electron chi connectivity index (χ4n) is 5.24. The lowest BCUT2D eigenvalue weighted by molar-refractivity contribution is -0.155. The molecule has 0 bridgehead atoms. The van der Waals surface area contributed by atoms with Gasteiger partial charge in [0.2, 0.25) is 5.91 Å². The van der Waals surface area contributed by atoms with Crippen LogP contribution < -0.4 is 15.9 Å². The van der Waals surface area contributed by atoms with Crippen molar-refractivity contribution in [2.24, 2.45) is 0 Å². The van der Waals surface area contributed by atoms with Crippen LogP contribution in [0.5, 0.6) is 0 Å². The minimum Gasteiger partial charge on any atom is -0.468 e. The molecule has 1 heterocycles. The van der Waals surface area contributed by atoms with Gasteiger partial charge in [-0.3, -0.25) is 19.3 Å². The highest BCUT2D eigenvalue weighted by molar-refractivity contribution is 8.14. The highest BCUT2D eigenvalue weighted by Crippen LogP contribution is 2.51. The molecular formula is C33H36NO6PS. The van der Waals surface area contributed by atoms with Gasteiger partial charge in [0.1, 0.15) is 11.0 Å². The van der Waals surface area contributed by atoms with Gasteiger partial charge >= 0.3 is 11.9 Å². The molecule has 0 saturated carbocycles. The third-order valence-corrected chi connectivity index (χ3v) is 12.0. The molecule has 0 radical (unpaired) electrons. The number of carbonyl (C=O) groups excluding carboxylic acids is 4. The zero-order valence-electron chi connectivity index (χ0n) is 24.5. The Labute approximate surface area is 251 Å². The van der Waals surface area contributed by atoms with E-state index in [4.69, 9.17) is 4.74 Å². The molecule has 1 saturated heterocycles. The van der Waals surface area contributed by atoms with Crippen molar-refractivity contribution in [2.45, 2.75) is 51.7 Å². The van der Waals surface area contributed by atoms with Crippen molar-refractivity contribution in [1.29, 1.82) is 0 Å². The number of methoxy groups -OCH3 is 1. The number of benzene rings is 3. The number of hydrogen-bond donors (Lipinski definition) is 0. The summed E-state index contributed by atoms with van der Waals surface area (Å²) in [6.07, 6.45) is 0.0211. The van der Waals surface area contributed by atoms with Gasteiger partial charge in [-0.2, -0.15) is 0 Å². The first-order valence-corrected chi connectivity index (χ1v) is 16.4. The Morgan fingerprint density at radius 3 is 1.69 bits per heavy atom. The molecule has 1 unspecified atom stereocenters. The van der Waals surface area contributed by atoms with Gasteiger partial charge in [0.15, 0.2) is 5.12 Å². The summed E-state index contributed by atoms with van der Waals surface area (Å²) < 4.78 is 10.8. The Hall–Kier alpha value is -3.61. The SMILES string of the molecule is COC(=O)CSC(=O)CC1(C)CC(=O)N1C(C(=O)OC(C)(C)C)=P(c1ccccc1)(c1ccccc1)c1ccccc1. The maximum Gasteiger partial charge on any atom is 0.356 e. The van der Waals surface area contributed by atoms with Gasteiger partial charge in [0.05, 0.1) is 24.8 Å². The molecule has 42 heavy (non-hydrogen) atoms. The van der Waals surface area contributed by atoms with Crippen LogP contribution in [-0.2, 0) is 28.7 Å². The van der Waals surface area contributed by atoms with Crippen LogP contribution in [0.3, 0.4) is 0 Å². The average Bonchev–Trinajstić information content (AvgIpc) is 2.96. The molecule has 9 heteroatoms. The van der Waals surface area contributed by atoms with Crippen LogP contribution >= 0.6 is 18.6 Å². The number of likely N-dealkylation sites (tertiary alicyclic amines) is 1. The first kappa shape index (κ1) is 31.3. The summed E-state index contributed by atoms with van der Waals surface area (Å²) in [5, 5.41) is 2.34. The van der Waals surface area contributed by atoms with E-state index < -0.39 is 30.0 Å². The first-order valence-electron chi connectivity index (χ1n) is 13.6. The number of nitrogens with zero attached hydrogens (tertiary/aromatic N) is 1. The normalized spacial score (nSPS) is 16.8. The minimum atomic E-state index is -3.07. The van der Waals surface area contributed by atoms with Crippen molar-refractivity contribution in [1.82, 2.24) is 4.90 Å². The Balaban J connectivity index is 2.08. The van der Waals surface area contributed by atoms with Crippen molar-refractivity contribution < 1.29 is 28.7 Å². The molecule has 0 aromatic heterocycles. The number of thioether (sulfide) groups is 1. The summed E-state index contributed by atoms with van der Waals surface area (Å²) in [6, 6.07) is 29.2. The minimum absolute atomic E-state index is 0.0505. The number of carbonyl (C=O) groups is 4. The molecule has 1 atom stereocenters. The molecule has 3 aromatic carbocycles. The molecule has 1 aliphatic heterocycles. The van der Waals surface area contributed by atoms with Crippen molar-refractivity contribution in [3.8, 4) is 0 Å². The van der Waals surface area contributed by atoms with Gasteiger partial charge in [0.25, 0.3) is 0 Å². The predicted molar refractivity (Wildman–Crippen MR) is 170 cm³/mol. The summed E-state index contributed by atoms with van der Waals surface area (Å²) in [4.78, 5) is 54.6. The van der Waals surface area contributed by atoms with Crippen LogP contribution in [0.2, 0.25) is 0 Å². The Bertz CT molecular complexity index is 1410. The number of amides is 1. The van der Waals surface area contributed by atoms with Gasteiger partial charge in [-0.15, -0.1) is 0 Å². The molecule has 0 N–H and O–H groups in total. The van der Waals surface area contributed by atoms with E-state index in [0.29, 0.717) is 0 Å². The van der Waals surface area contributed by atoms with Crippen molar-refractivity contribution in [2.75, 3.05) is 12.9 Å². The van der Waals surface area contributed by atoms with Gasteiger partial charge < -0.3 is 9.47 Å². The lowest BCUT2D eigenvalue weighted by Gasteiger charge is -2.52. The number of hydrogen-bond acceptors (Lipinski definition) is 7. The van der Waals surface area contributed by atoms with E-state index in [9.17, 15) is 19.2 Å². The number of esters is 2. The smallest absolute Gasteiger partial charge is 0.356 e. The largest absolute Gasteiger partial charge is 0.468 e. The fourth-order valence-corrected chi connectivity index (χ4v) is 10.5. The molecule has 7 nitrogen and oxygen atoms in total. The zero-order chi connectivity index (χ0) is 30.5. The number of rotatable bonds is 9. The van der Waals surface area contributed by atoms with Crippen LogP contribution in [-0.4, -0.2) is 57.3 Å².